The Hall–Kier alpha value is -2.60. The zero-order valence-corrected chi connectivity index (χ0v) is 19.2. The van der Waals surface area contributed by atoms with Crippen molar-refractivity contribution in [2.75, 3.05) is 19.6 Å². The molecular weight excluding hydrogens is 403 g/mol. The van der Waals surface area contributed by atoms with Crippen molar-refractivity contribution in [2.24, 2.45) is 12.5 Å². The fraction of sp³-hybridized carbons (Fsp3) is 0.500. The minimum absolute atomic E-state index is 0.0409. The van der Waals surface area contributed by atoms with Gasteiger partial charge in [0.25, 0.3) is 0 Å². The van der Waals surface area contributed by atoms with Gasteiger partial charge in [-0.3, -0.25) is 9.78 Å². The van der Waals surface area contributed by atoms with E-state index in [-0.39, 0.29) is 12.2 Å². The van der Waals surface area contributed by atoms with Crippen LogP contribution in [0.3, 0.4) is 0 Å². The van der Waals surface area contributed by atoms with Gasteiger partial charge in [0.05, 0.1) is 18.3 Å². The van der Waals surface area contributed by atoms with Gasteiger partial charge in [-0.1, -0.05) is 19.1 Å². The molecule has 0 radical (unpaired) electrons. The van der Waals surface area contributed by atoms with Gasteiger partial charge >= 0.3 is 0 Å². The van der Waals surface area contributed by atoms with Crippen LogP contribution in [0.15, 0.2) is 36.7 Å². The van der Waals surface area contributed by atoms with Gasteiger partial charge in [0, 0.05) is 62.4 Å². The summed E-state index contributed by atoms with van der Waals surface area (Å²) in [5.74, 6) is 0.617. The predicted octanol–water partition coefficient (Wildman–Crippen LogP) is 4.66. The van der Waals surface area contributed by atoms with Crippen molar-refractivity contribution >= 4 is 16.6 Å². The molecule has 0 bridgehead atoms. The number of aromatic nitrogens is 3. The van der Waals surface area contributed by atoms with Crippen molar-refractivity contribution in [1.82, 2.24) is 19.4 Å². The van der Waals surface area contributed by atoms with E-state index in [1.54, 1.807) is 6.20 Å². The van der Waals surface area contributed by atoms with Gasteiger partial charge in [0.15, 0.2) is 11.5 Å². The van der Waals surface area contributed by atoms with Crippen molar-refractivity contribution in [3.05, 3.63) is 48.2 Å². The fourth-order valence-electron chi connectivity index (χ4n) is 4.79. The molecule has 0 spiro atoms. The number of aryl methyl sites for hydroxylation is 1. The van der Waals surface area contributed by atoms with E-state index in [2.05, 4.69) is 38.5 Å². The van der Waals surface area contributed by atoms with Crippen molar-refractivity contribution in [3.63, 3.8) is 0 Å². The molecule has 0 unspecified atom stereocenters. The van der Waals surface area contributed by atoms with Gasteiger partial charge in [0.1, 0.15) is 5.82 Å². The SMILES string of the molecule is Cc1ncc(-c2ccc3cnc(CC(=O)C4(F)CCN(CC5(C)CC5)CC4)cc3c2)n1C. The zero-order chi connectivity index (χ0) is 22.5. The highest BCUT2D eigenvalue weighted by atomic mass is 19.1. The van der Waals surface area contributed by atoms with E-state index < -0.39 is 5.67 Å². The molecule has 1 aromatic carbocycles. The summed E-state index contributed by atoms with van der Waals surface area (Å²) in [7, 11) is 2.00. The molecule has 5 nitrogen and oxygen atoms in total. The maximum atomic E-state index is 15.5. The van der Waals surface area contributed by atoms with Crippen molar-refractivity contribution in [1.29, 1.82) is 0 Å². The first-order chi connectivity index (χ1) is 15.2. The molecule has 0 amide bonds. The number of hydrogen-bond donors (Lipinski definition) is 0. The first kappa shape index (κ1) is 21.3. The molecule has 2 aromatic heterocycles. The molecular formula is C26H31FN4O. The van der Waals surface area contributed by atoms with Gasteiger partial charge in [-0.05, 0) is 42.7 Å². The first-order valence-corrected chi connectivity index (χ1v) is 11.6. The second kappa shape index (κ2) is 7.77. The van der Waals surface area contributed by atoms with Crippen LogP contribution in [0.2, 0.25) is 0 Å². The minimum Gasteiger partial charge on any atom is -0.331 e. The van der Waals surface area contributed by atoms with Crippen molar-refractivity contribution in [2.45, 2.75) is 51.6 Å². The Balaban J connectivity index is 1.30. The summed E-state index contributed by atoms with van der Waals surface area (Å²) in [5, 5.41) is 2.00. The molecule has 0 N–H and O–H groups in total. The number of nitrogens with zero attached hydrogens (tertiary/aromatic N) is 4. The average Bonchev–Trinajstić information content (AvgIpc) is 3.41. The van der Waals surface area contributed by atoms with Crippen LogP contribution in [0, 0.1) is 12.3 Å². The monoisotopic (exact) mass is 434 g/mol. The third-order valence-electron chi connectivity index (χ3n) is 7.49. The zero-order valence-electron chi connectivity index (χ0n) is 19.2. The third-order valence-corrected chi connectivity index (χ3v) is 7.49. The molecule has 168 valence electrons. The number of benzene rings is 1. The molecule has 1 aliphatic carbocycles. The maximum Gasteiger partial charge on any atom is 0.175 e. The quantitative estimate of drug-likeness (QED) is 0.566. The number of alkyl halides is 1. The number of carbonyl (C=O) groups excluding carboxylic acids is 1. The largest absolute Gasteiger partial charge is 0.331 e. The number of pyridine rings is 1. The molecule has 1 saturated carbocycles. The fourth-order valence-corrected chi connectivity index (χ4v) is 4.79. The molecule has 0 atom stereocenters. The Bertz CT molecular complexity index is 1170. The third kappa shape index (κ3) is 4.08. The molecule has 3 heterocycles. The van der Waals surface area contributed by atoms with Crippen molar-refractivity contribution in [3.8, 4) is 11.3 Å². The molecule has 3 aromatic rings. The Kier molecular flexibility index (Phi) is 5.16. The van der Waals surface area contributed by atoms with E-state index in [1.165, 1.54) is 12.8 Å². The normalized spacial score (nSPS) is 19.9. The summed E-state index contributed by atoms with van der Waals surface area (Å²) in [6.45, 7) is 6.62. The molecule has 6 heteroatoms. The van der Waals surface area contributed by atoms with E-state index >= 15 is 4.39 Å². The summed E-state index contributed by atoms with van der Waals surface area (Å²) in [5.41, 5.74) is 1.41. The first-order valence-electron chi connectivity index (χ1n) is 11.6. The average molecular weight is 435 g/mol. The molecule has 2 aliphatic rings. The topological polar surface area (TPSA) is 51.0 Å². The summed E-state index contributed by atoms with van der Waals surface area (Å²) in [6, 6.07) is 8.09. The summed E-state index contributed by atoms with van der Waals surface area (Å²) in [4.78, 5) is 24.1. The van der Waals surface area contributed by atoms with E-state index in [0.29, 0.717) is 37.0 Å². The molecule has 1 aliphatic heterocycles. The van der Waals surface area contributed by atoms with E-state index in [1.807, 2.05) is 32.3 Å². The van der Waals surface area contributed by atoms with Gasteiger partial charge in [-0.15, -0.1) is 0 Å². The smallest absolute Gasteiger partial charge is 0.175 e. The summed E-state index contributed by atoms with van der Waals surface area (Å²) < 4.78 is 17.6. The molecule has 5 rings (SSSR count). The Morgan fingerprint density at radius 2 is 1.81 bits per heavy atom. The number of carbonyl (C=O) groups is 1. The lowest BCUT2D eigenvalue weighted by Gasteiger charge is -2.36. The van der Waals surface area contributed by atoms with Crippen LogP contribution in [-0.4, -0.2) is 50.5 Å². The van der Waals surface area contributed by atoms with Crippen molar-refractivity contribution < 1.29 is 9.18 Å². The van der Waals surface area contributed by atoms with Crippen LogP contribution in [0.25, 0.3) is 22.0 Å². The number of fused-ring (bicyclic) bond motifs is 1. The molecule has 1 saturated heterocycles. The number of piperidine rings is 1. The van der Waals surface area contributed by atoms with E-state index in [9.17, 15) is 4.79 Å². The number of likely N-dealkylation sites (tertiary alicyclic amines) is 1. The van der Waals surface area contributed by atoms with Gasteiger partial charge in [0.2, 0.25) is 0 Å². The van der Waals surface area contributed by atoms with Gasteiger partial charge in [-0.25, -0.2) is 9.37 Å². The number of hydrogen-bond acceptors (Lipinski definition) is 4. The Morgan fingerprint density at radius 1 is 1.06 bits per heavy atom. The number of ketones is 1. The van der Waals surface area contributed by atoms with Gasteiger partial charge in [-0.2, -0.15) is 0 Å². The number of rotatable bonds is 6. The highest BCUT2D eigenvalue weighted by molar-refractivity contribution is 5.91. The maximum absolute atomic E-state index is 15.5. The summed E-state index contributed by atoms with van der Waals surface area (Å²) in [6.07, 6.45) is 6.79. The van der Waals surface area contributed by atoms with Crippen LogP contribution in [-0.2, 0) is 18.3 Å². The van der Waals surface area contributed by atoms with Crippen LogP contribution in [0.5, 0.6) is 0 Å². The second-order valence-corrected chi connectivity index (χ2v) is 10.1. The number of Topliss-reactive ketones (excluding diaryl/α,β-unsaturated/α-hetero) is 1. The Labute approximate surface area is 188 Å². The highest BCUT2D eigenvalue weighted by Crippen LogP contribution is 2.46. The van der Waals surface area contributed by atoms with Crippen LogP contribution >= 0.6 is 0 Å². The van der Waals surface area contributed by atoms with E-state index in [0.717, 1.165) is 34.4 Å². The predicted molar refractivity (Wildman–Crippen MR) is 124 cm³/mol. The molecule has 2 fully saturated rings. The number of halogens is 1. The van der Waals surface area contributed by atoms with Gasteiger partial charge < -0.3 is 9.47 Å². The van der Waals surface area contributed by atoms with Crippen LogP contribution in [0.1, 0.15) is 44.1 Å². The lowest BCUT2D eigenvalue weighted by atomic mass is 9.86. The highest BCUT2D eigenvalue weighted by Gasteiger charge is 2.44. The standard InChI is InChI=1S/C26H31FN4O/c1-18-28-16-23(30(18)3)19-4-5-20-15-29-22(13-21(20)12-19)14-24(32)26(27)8-10-31(11-9-26)17-25(2)6-7-25/h4-5,12-13,15-16H,6-11,14,17H2,1-3H3. The Morgan fingerprint density at radius 3 is 2.47 bits per heavy atom. The molecule has 32 heavy (non-hydrogen) atoms. The summed E-state index contributed by atoms with van der Waals surface area (Å²) >= 11 is 0. The van der Waals surface area contributed by atoms with Crippen LogP contribution in [0.4, 0.5) is 4.39 Å². The second-order valence-electron chi connectivity index (χ2n) is 10.1. The lowest BCUT2D eigenvalue weighted by Crippen LogP contribution is -2.48. The lowest BCUT2D eigenvalue weighted by molar-refractivity contribution is -0.133. The van der Waals surface area contributed by atoms with E-state index in [4.69, 9.17) is 0 Å². The number of imidazole rings is 1. The minimum atomic E-state index is -1.73. The van der Waals surface area contributed by atoms with Crippen LogP contribution < -0.4 is 0 Å².